The Hall–Kier alpha value is -2.14. The number of rotatable bonds is 2. The molecule has 112 valence electrons. The van der Waals surface area contributed by atoms with E-state index in [0.717, 1.165) is 47.8 Å². The van der Waals surface area contributed by atoms with Crippen LogP contribution >= 0.6 is 11.3 Å². The minimum Gasteiger partial charge on any atom is -0.337 e. The SMILES string of the molecule is Cc1ccc(-c2cn3c(C(=O)N4CCCC4)csc3n2)cc1. The average Bonchev–Trinajstić information content (AvgIpc) is 3.24. The van der Waals surface area contributed by atoms with E-state index in [2.05, 4.69) is 36.2 Å². The van der Waals surface area contributed by atoms with Gasteiger partial charge in [-0.1, -0.05) is 29.8 Å². The molecule has 1 aliphatic heterocycles. The molecule has 0 atom stereocenters. The summed E-state index contributed by atoms with van der Waals surface area (Å²) in [6.45, 7) is 3.81. The van der Waals surface area contributed by atoms with Gasteiger partial charge in [-0.15, -0.1) is 11.3 Å². The third kappa shape index (κ3) is 2.22. The maximum Gasteiger partial charge on any atom is 0.271 e. The number of benzene rings is 1. The maximum atomic E-state index is 12.6. The van der Waals surface area contributed by atoms with E-state index >= 15 is 0 Å². The second-order valence-electron chi connectivity index (χ2n) is 5.76. The third-order valence-corrected chi connectivity index (χ3v) is 5.01. The number of aromatic nitrogens is 2. The topological polar surface area (TPSA) is 37.6 Å². The lowest BCUT2D eigenvalue weighted by Crippen LogP contribution is -2.28. The Balaban J connectivity index is 1.72. The molecule has 1 amide bonds. The fourth-order valence-electron chi connectivity index (χ4n) is 2.88. The number of imidazole rings is 1. The smallest absolute Gasteiger partial charge is 0.271 e. The summed E-state index contributed by atoms with van der Waals surface area (Å²) in [4.78, 5) is 20.1. The van der Waals surface area contributed by atoms with Gasteiger partial charge in [0.2, 0.25) is 0 Å². The Bertz CT molecular complexity index is 825. The van der Waals surface area contributed by atoms with Crippen molar-refractivity contribution in [3.8, 4) is 11.3 Å². The average molecular weight is 311 g/mol. The van der Waals surface area contributed by atoms with E-state index in [-0.39, 0.29) is 5.91 Å². The molecule has 22 heavy (non-hydrogen) atoms. The number of likely N-dealkylation sites (tertiary alicyclic amines) is 1. The molecule has 3 heterocycles. The number of amides is 1. The molecule has 4 rings (SSSR count). The molecule has 0 aliphatic carbocycles. The van der Waals surface area contributed by atoms with Crippen molar-refractivity contribution in [2.24, 2.45) is 0 Å². The summed E-state index contributed by atoms with van der Waals surface area (Å²) in [6.07, 6.45) is 4.19. The zero-order valence-corrected chi connectivity index (χ0v) is 13.3. The Morgan fingerprint density at radius 2 is 1.91 bits per heavy atom. The van der Waals surface area contributed by atoms with E-state index in [9.17, 15) is 4.79 Å². The van der Waals surface area contributed by atoms with Gasteiger partial charge in [0.15, 0.2) is 4.96 Å². The predicted molar refractivity (Wildman–Crippen MR) is 88.4 cm³/mol. The fourth-order valence-corrected chi connectivity index (χ4v) is 3.73. The van der Waals surface area contributed by atoms with Crippen molar-refractivity contribution in [3.63, 3.8) is 0 Å². The molecule has 3 aromatic rings. The van der Waals surface area contributed by atoms with Crippen LogP contribution in [-0.2, 0) is 0 Å². The first-order valence-corrected chi connectivity index (χ1v) is 8.43. The predicted octanol–water partition coefficient (Wildman–Crippen LogP) is 3.61. The van der Waals surface area contributed by atoms with Crippen LogP contribution in [-0.4, -0.2) is 33.3 Å². The minimum absolute atomic E-state index is 0.122. The van der Waals surface area contributed by atoms with Gasteiger partial charge in [0.1, 0.15) is 5.69 Å². The highest BCUT2D eigenvalue weighted by atomic mass is 32.1. The number of aryl methyl sites for hydroxylation is 1. The summed E-state index contributed by atoms with van der Waals surface area (Å²) in [5.74, 6) is 0.122. The van der Waals surface area contributed by atoms with Crippen LogP contribution in [0.2, 0.25) is 0 Å². The largest absolute Gasteiger partial charge is 0.337 e. The lowest BCUT2D eigenvalue weighted by atomic mass is 10.1. The van der Waals surface area contributed by atoms with Crippen LogP contribution in [0, 0.1) is 6.92 Å². The van der Waals surface area contributed by atoms with Gasteiger partial charge in [-0.05, 0) is 19.8 Å². The molecular weight excluding hydrogens is 294 g/mol. The number of carbonyl (C=O) groups is 1. The van der Waals surface area contributed by atoms with E-state index < -0.39 is 0 Å². The van der Waals surface area contributed by atoms with Gasteiger partial charge in [-0.25, -0.2) is 4.98 Å². The Labute approximate surface area is 133 Å². The monoisotopic (exact) mass is 311 g/mol. The van der Waals surface area contributed by atoms with E-state index in [1.54, 1.807) is 0 Å². The van der Waals surface area contributed by atoms with Crippen LogP contribution in [0.3, 0.4) is 0 Å². The van der Waals surface area contributed by atoms with Crippen LogP contribution in [0.1, 0.15) is 28.9 Å². The molecule has 1 saturated heterocycles. The number of fused-ring (bicyclic) bond motifs is 1. The first-order chi connectivity index (χ1) is 10.7. The number of hydrogen-bond acceptors (Lipinski definition) is 3. The second-order valence-corrected chi connectivity index (χ2v) is 6.60. The number of hydrogen-bond donors (Lipinski definition) is 0. The van der Waals surface area contributed by atoms with Gasteiger partial charge in [-0.3, -0.25) is 9.20 Å². The van der Waals surface area contributed by atoms with Crippen molar-refractivity contribution in [1.29, 1.82) is 0 Å². The molecule has 2 aromatic heterocycles. The maximum absolute atomic E-state index is 12.6. The van der Waals surface area contributed by atoms with Crippen molar-refractivity contribution in [1.82, 2.24) is 14.3 Å². The van der Waals surface area contributed by atoms with Gasteiger partial charge in [0.25, 0.3) is 5.91 Å². The molecule has 1 aromatic carbocycles. The summed E-state index contributed by atoms with van der Waals surface area (Å²) >= 11 is 1.52. The Morgan fingerprint density at radius 1 is 1.18 bits per heavy atom. The zero-order chi connectivity index (χ0) is 15.1. The first-order valence-electron chi connectivity index (χ1n) is 7.55. The minimum atomic E-state index is 0.122. The number of carbonyl (C=O) groups excluding carboxylic acids is 1. The number of thiazole rings is 1. The Morgan fingerprint density at radius 3 is 2.64 bits per heavy atom. The van der Waals surface area contributed by atoms with Crippen molar-refractivity contribution < 1.29 is 4.79 Å². The van der Waals surface area contributed by atoms with Crippen LogP contribution in [0.25, 0.3) is 16.2 Å². The van der Waals surface area contributed by atoms with E-state index in [0.29, 0.717) is 0 Å². The summed E-state index contributed by atoms with van der Waals surface area (Å²) in [7, 11) is 0. The summed E-state index contributed by atoms with van der Waals surface area (Å²) < 4.78 is 1.93. The van der Waals surface area contributed by atoms with Gasteiger partial charge in [-0.2, -0.15) is 0 Å². The lowest BCUT2D eigenvalue weighted by molar-refractivity contribution is 0.0786. The standard InChI is InChI=1S/C17H17N3OS/c1-12-4-6-13(7-5-12)14-10-20-15(11-22-17(20)18-14)16(21)19-8-2-3-9-19/h4-7,10-11H,2-3,8-9H2,1H3. The van der Waals surface area contributed by atoms with E-state index in [1.165, 1.54) is 16.9 Å². The van der Waals surface area contributed by atoms with Gasteiger partial charge < -0.3 is 4.90 Å². The fraction of sp³-hybridized carbons (Fsp3) is 0.294. The van der Waals surface area contributed by atoms with Crippen LogP contribution < -0.4 is 0 Å². The molecule has 0 bridgehead atoms. The van der Waals surface area contributed by atoms with Crippen LogP contribution in [0.5, 0.6) is 0 Å². The van der Waals surface area contributed by atoms with Crippen molar-refractivity contribution in [2.45, 2.75) is 19.8 Å². The molecular formula is C17H17N3OS. The molecule has 4 nitrogen and oxygen atoms in total. The molecule has 0 N–H and O–H groups in total. The second kappa shape index (κ2) is 5.25. The highest BCUT2D eigenvalue weighted by Gasteiger charge is 2.23. The number of nitrogens with zero attached hydrogens (tertiary/aromatic N) is 3. The zero-order valence-electron chi connectivity index (χ0n) is 12.5. The molecule has 1 aliphatic rings. The van der Waals surface area contributed by atoms with Crippen molar-refractivity contribution >= 4 is 22.2 Å². The molecule has 0 spiro atoms. The summed E-state index contributed by atoms with van der Waals surface area (Å²) in [5, 5.41) is 1.92. The van der Waals surface area contributed by atoms with Gasteiger partial charge in [0.05, 0.1) is 5.69 Å². The van der Waals surface area contributed by atoms with Crippen LogP contribution in [0.15, 0.2) is 35.8 Å². The molecule has 5 heteroatoms. The van der Waals surface area contributed by atoms with E-state index in [1.807, 2.05) is 20.9 Å². The molecule has 0 radical (unpaired) electrons. The molecule has 0 saturated carbocycles. The van der Waals surface area contributed by atoms with Gasteiger partial charge in [0, 0.05) is 30.2 Å². The lowest BCUT2D eigenvalue weighted by Gasteiger charge is -2.13. The summed E-state index contributed by atoms with van der Waals surface area (Å²) in [6, 6.07) is 8.31. The Kier molecular flexibility index (Phi) is 3.22. The van der Waals surface area contributed by atoms with Gasteiger partial charge >= 0.3 is 0 Å². The first kappa shape index (κ1) is 13.5. The van der Waals surface area contributed by atoms with E-state index in [4.69, 9.17) is 0 Å². The molecule has 0 unspecified atom stereocenters. The van der Waals surface area contributed by atoms with Crippen molar-refractivity contribution in [2.75, 3.05) is 13.1 Å². The van der Waals surface area contributed by atoms with Crippen LogP contribution in [0.4, 0.5) is 0 Å². The third-order valence-electron chi connectivity index (χ3n) is 4.17. The summed E-state index contributed by atoms with van der Waals surface area (Å²) in [5.41, 5.74) is 3.96. The highest BCUT2D eigenvalue weighted by Crippen LogP contribution is 2.25. The van der Waals surface area contributed by atoms with Crippen molar-refractivity contribution in [3.05, 3.63) is 47.1 Å². The molecule has 1 fully saturated rings. The normalized spacial score (nSPS) is 14.9. The highest BCUT2D eigenvalue weighted by molar-refractivity contribution is 7.15. The quantitative estimate of drug-likeness (QED) is 0.725.